The van der Waals surface area contributed by atoms with Crippen LogP contribution < -0.4 is 9.46 Å². The number of carbonyl (C=O) groups is 1. The van der Waals surface area contributed by atoms with Crippen LogP contribution in [-0.2, 0) is 20.9 Å². The summed E-state index contributed by atoms with van der Waals surface area (Å²) in [6.07, 6.45) is -4.67. The summed E-state index contributed by atoms with van der Waals surface area (Å²) in [5.74, 6) is 0.305. The van der Waals surface area contributed by atoms with Crippen molar-refractivity contribution in [3.63, 3.8) is 0 Å². The highest BCUT2D eigenvalue weighted by Gasteiger charge is 2.46. The van der Waals surface area contributed by atoms with Crippen molar-refractivity contribution in [2.75, 3.05) is 18.4 Å². The van der Waals surface area contributed by atoms with Crippen molar-refractivity contribution < 1.29 is 49.0 Å². The molecule has 7 nitrogen and oxygen atoms in total. The Hall–Kier alpha value is -3.42. The molecule has 1 heterocycles. The van der Waals surface area contributed by atoms with Crippen molar-refractivity contribution in [2.45, 2.75) is 77.7 Å². The maximum Gasteiger partial charge on any atom is 0.516 e. The number of alkyl halides is 6. The second-order valence-corrected chi connectivity index (χ2v) is 13.8. The zero-order valence-electron chi connectivity index (χ0n) is 25.0. The first-order chi connectivity index (χ1) is 20.1. The molecular formula is C30H34F6N2O5S. The molecule has 242 valence electrons. The Bertz CT molecular complexity index is 1600. The molecule has 1 amide bonds. The van der Waals surface area contributed by atoms with E-state index in [0.29, 0.717) is 41.7 Å². The van der Waals surface area contributed by atoms with Crippen LogP contribution in [0.5, 0.6) is 5.75 Å². The molecule has 0 unspecified atom stereocenters. The lowest BCUT2D eigenvalue weighted by Gasteiger charge is -2.36. The Morgan fingerprint density at radius 3 is 2.32 bits per heavy atom. The first-order valence-corrected chi connectivity index (χ1v) is 15.3. The van der Waals surface area contributed by atoms with Crippen LogP contribution in [0.1, 0.15) is 74.0 Å². The zero-order chi connectivity index (χ0) is 33.0. The first-order valence-electron chi connectivity index (χ1n) is 13.8. The number of carbonyl (C=O) groups excluding carboxylic acids is 1. The van der Waals surface area contributed by atoms with Gasteiger partial charge in [0.05, 0.1) is 24.4 Å². The normalized spacial score (nSPS) is 21.0. The number of sulfonamides is 1. The van der Waals surface area contributed by atoms with E-state index in [0.717, 1.165) is 17.7 Å². The summed E-state index contributed by atoms with van der Waals surface area (Å²) in [5, 5.41) is 0. The number of nitrogens with zero attached hydrogens (tertiary/aromatic N) is 1. The number of ether oxygens (including phenoxy) is 2. The van der Waals surface area contributed by atoms with Crippen LogP contribution in [0.2, 0.25) is 0 Å². The Morgan fingerprint density at radius 1 is 1.07 bits per heavy atom. The van der Waals surface area contributed by atoms with Crippen LogP contribution in [0.25, 0.3) is 5.57 Å². The number of anilines is 1. The number of cyclic esters (lactones) is 1. The van der Waals surface area contributed by atoms with Gasteiger partial charge in [0.1, 0.15) is 11.9 Å². The smallest absolute Gasteiger partial charge is 0.496 e. The molecule has 0 spiro atoms. The Morgan fingerprint density at radius 2 is 1.73 bits per heavy atom. The van der Waals surface area contributed by atoms with Crippen LogP contribution in [-0.4, -0.2) is 44.6 Å². The second kappa shape index (κ2) is 11.5. The standard InChI is InChI=1S/C30H34F6N2O5S/c1-16-9-19(12-21(10-16)29(31,32)33)26-18(3)38(27(39)43-26)15-20-14-28(4,5)8-7-22(20)23-13-24(17(2)11-25(23)42-6)37-44(40,41)30(34,35)36/h9-13,18,26,37H,7-8,14-15H2,1-6H3/t18-,26-/m0/s1. The van der Waals surface area contributed by atoms with Gasteiger partial charge in [-0.2, -0.15) is 34.8 Å². The van der Waals surface area contributed by atoms with Gasteiger partial charge in [0, 0.05) is 12.1 Å². The third-order valence-corrected chi connectivity index (χ3v) is 9.20. The summed E-state index contributed by atoms with van der Waals surface area (Å²) in [6.45, 7) is 8.73. The molecule has 4 rings (SSSR count). The fourth-order valence-corrected chi connectivity index (χ4v) is 6.42. The molecule has 1 N–H and O–H groups in total. The van der Waals surface area contributed by atoms with E-state index in [2.05, 4.69) is 0 Å². The highest BCUT2D eigenvalue weighted by molar-refractivity contribution is 7.93. The van der Waals surface area contributed by atoms with E-state index < -0.39 is 45.5 Å². The quantitative estimate of drug-likeness (QED) is 0.307. The first kappa shape index (κ1) is 33.5. The Labute approximate surface area is 252 Å². The summed E-state index contributed by atoms with van der Waals surface area (Å²) in [7, 11) is -4.32. The summed E-state index contributed by atoms with van der Waals surface area (Å²) < 4.78 is 117. The molecule has 2 atom stereocenters. The van der Waals surface area contributed by atoms with Crippen molar-refractivity contribution in [1.29, 1.82) is 0 Å². The predicted octanol–water partition coefficient (Wildman–Crippen LogP) is 8.14. The van der Waals surface area contributed by atoms with Gasteiger partial charge in [-0.05, 0) is 92.0 Å². The number of nitrogens with one attached hydrogen (secondary N) is 1. The Kier molecular flexibility index (Phi) is 8.75. The van der Waals surface area contributed by atoms with Gasteiger partial charge in [-0.15, -0.1) is 0 Å². The van der Waals surface area contributed by atoms with Crippen LogP contribution in [0.3, 0.4) is 0 Å². The average Bonchev–Trinajstić information content (AvgIpc) is 3.16. The topological polar surface area (TPSA) is 84.9 Å². The molecule has 1 aliphatic carbocycles. The Balaban J connectivity index is 1.76. The number of amides is 1. The molecule has 44 heavy (non-hydrogen) atoms. The minimum Gasteiger partial charge on any atom is -0.496 e. The number of allylic oxidation sites excluding steroid dienone is 1. The van der Waals surface area contributed by atoms with Crippen molar-refractivity contribution >= 4 is 27.4 Å². The molecule has 0 radical (unpaired) electrons. The molecule has 1 aliphatic heterocycles. The molecule has 0 bridgehead atoms. The monoisotopic (exact) mass is 648 g/mol. The highest BCUT2D eigenvalue weighted by atomic mass is 32.2. The number of hydrogen-bond donors (Lipinski definition) is 1. The summed E-state index contributed by atoms with van der Waals surface area (Å²) in [6, 6.07) is 5.61. The predicted molar refractivity (Wildman–Crippen MR) is 152 cm³/mol. The van der Waals surface area contributed by atoms with E-state index in [4.69, 9.17) is 9.47 Å². The largest absolute Gasteiger partial charge is 0.516 e. The summed E-state index contributed by atoms with van der Waals surface area (Å²) in [5.41, 5.74) is -4.31. The molecule has 2 aromatic carbocycles. The minimum atomic E-state index is -5.70. The lowest BCUT2D eigenvalue weighted by Crippen LogP contribution is -2.35. The maximum absolute atomic E-state index is 13.5. The SMILES string of the molecule is COc1cc(C)c(NS(=O)(=O)C(F)(F)F)cc1C1=C(CN2C(=O)O[C@H](c3cc(C)cc(C(F)(F)F)c3)[C@@H]2C)CC(C)(C)CC1. The number of rotatable bonds is 7. The maximum atomic E-state index is 13.5. The molecule has 0 saturated carbocycles. The van der Waals surface area contributed by atoms with Crippen LogP contribution >= 0.6 is 0 Å². The number of hydrogen-bond acceptors (Lipinski definition) is 5. The number of methoxy groups -OCH3 is 1. The van der Waals surface area contributed by atoms with Gasteiger partial charge >= 0.3 is 27.8 Å². The van der Waals surface area contributed by atoms with Gasteiger partial charge in [0.15, 0.2) is 0 Å². The fraction of sp³-hybridized carbons (Fsp3) is 0.500. The second-order valence-electron chi connectivity index (χ2n) is 12.1. The van der Waals surface area contributed by atoms with Gasteiger partial charge < -0.3 is 9.47 Å². The number of aryl methyl sites for hydroxylation is 2. The molecule has 1 fully saturated rings. The summed E-state index contributed by atoms with van der Waals surface area (Å²) in [4.78, 5) is 14.6. The van der Waals surface area contributed by atoms with E-state index in [1.165, 1.54) is 38.0 Å². The van der Waals surface area contributed by atoms with Crippen molar-refractivity contribution in [1.82, 2.24) is 4.90 Å². The van der Waals surface area contributed by atoms with Crippen molar-refractivity contribution in [3.05, 3.63) is 63.7 Å². The van der Waals surface area contributed by atoms with Crippen LogP contribution in [0.4, 0.5) is 36.8 Å². The van der Waals surface area contributed by atoms with E-state index in [1.807, 2.05) is 13.8 Å². The fourth-order valence-electron chi connectivity index (χ4n) is 5.79. The zero-order valence-corrected chi connectivity index (χ0v) is 25.9. The lowest BCUT2D eigenvalue weighted by atomic mass is 9.72. The van der Waals surface area contributed by atoms with Gasteiger partial charge in [0.2, 0.25) is 0 Å². The lowest BCUT2D eigenvalue weighted by molar-refractivity contribution is -0.137. The van der Waals surface area contributed by atoms with Crippen molar-refractivity contribution in [2.24, 2.45) is 5.41 Å². The van der Waals surface area contributed by atoms with Crippen molar-refractivity contribution in [3.8, 4) is 5.75 Å². The highest BCUT2D eigenvalue weighted by Crippen LogP contribution is 2.47. The third kappa shape index (κ3) is 6.79. The molecule has 1 saturated heterocycles. The van der Waals surface area contributed by atoms with Gasteiger partial charge in [-0.3, -0.25) is 9.62 Å². The van der Waals surface area contributed by atoms with E-state index in [-0.39, 0.29) is 28.8 Å². The molecular weight excluding hydrogens is 614 g/mol. The molecule has 2 aliphatic rings. The van der Waals surface area contributed by atoms with E-state index in [1.54, 1.807) is 17.7 Å². The molecule has 0 aromatic heterocycles. The summed E-state index contributed by atoms with van der Waals surface area (Å²) >= 11 is 0. The van der Waals surface area contributed by atoms with Gasteiger partial charge in [-0.25, -0.2) is 4.79 Å². The molecule has 2 aromatic rings. The van der Waals surface area contributed by atoms with Crippen LogP contribution in [0, 0.1) is 19.3 Å². The minimum absolute atomic E-state index is 0.0356. The third-order valence-electron chi connectivity index (χ3n) is 8.10. The number of benzene rings is 2. The van der Waals surface area contributed by atoms with Gasteiger partial charge in [-0.1, -0.05) is 25.5 Å². The molecule has 14 heteroatoms. The van der Waals surface area contributed by atoms with E-state index >= 15 is 0 Å². The van der Waals surface area contributed by atoms with Gasteiger partial charge in [0.25, 0.3) is 0 Å². The number of halogens is 6. The van der Waals surface area contributed by atoms with E-state index in [9.17, 15) is 39.6 Å². The average molecular weight is 649 g/mol. The van der Waals surface area contributed by atoms with Crippen LogP contribution in [0.15, 0.2) is 35.9 Å².